The number of amidine groups is 2. The van der Waals surface area contributed by atoms with E-state index in [9.17, 15) is 0 Å². The molecule has 3 N–H and O–H groups in total. The number of nitrogens with one attached hydrogen (secondary N) is 1. The first-order valence-electron chi connectivity index (χ1n) is 6.41. The third-order valence-electron chi connectivity index (χ3n) is 2.22. The molecular weight excluding hydrogens is 270 g/mol. The summed E-state index contributed by atoms with van der Waals surface area (Å²) in [4.78, 5) is 13.0. The van der Waals surface area contributed by atoms with Crippen LogP contribution in [0, 0.1) is 0 Å². The van der Waals surface area contributed by atoms with Crippen molar-refractivity contribution in [2.75, 3.05) is 5.75 Å². The number of aliphatic imine (C=N–C) groups is 3. The molecule has 20 heavy (non-hydrogen) atoms. The lowest BCUT2D eigenvalue weighted by molar-refractivity contribution is 1.04. The van der Waals surface area contributed by atoms with Gasteiger partial charge in [0, 0.05) is 11.9 Å². The number of nitrogens with zero attached hydrogens (tertiary/aromatic N) is 3. The monoisotopic (exact) mass is 291 g/mol. The van der Waals surface area contributed by atoms with Crippen LogP contribution in [0.5, 0.6) is 0 Å². The van der Waals surface area contributed by atoms with Crippen molar-refractivity contribution in [3.63, 3.8) is 0 Å². The molecule has 0 aromatic carbocycles. The van der Waals surface area contributed by atoms with Crippen molar-refractivity contribution in [2.24, 2.45) is 20.7 Å². The summed E-state index contributed by atoms with van der Waals surface area (Å²) in [7, 11) is 0. The minimum absolute atomic E-state index is 0.501. The first-order valence-corrected chi connectivity index (χ1v) is 7.39. The molecule has 1 aliphatic heterocycles. The van der Waals surface area contributed by atoms with E-state index in [0.717, 1.165) is 28.7 Å². The van der Waals surface area contributed by atoms with Crippen LogP contribution >= 0.6 is 11.8 Å². The molecule has 0 aromatic rings. The van der Waals surface area contributed by atoms with E-state index in [0.29, 0.717) is 11.7 Å². The lowest BCUT2D eigenvalue weighted by atomic mass is 10.4. The van der Waals surface area contributed by atoms with Crippen LogP contribution < -0.4 is 11.1 Å². The molecule has 0 amide bonds. The molecule has 0 fully saturated rings. The van der Waals surface area contributed by atoms with Gasteiger partial charge in [0.1, 0.15) is 10.9 Å². The van der Waals surface area contributed by atoms with Crippen LogP contribution in [0.25, 0.3) is 0 Å². The quantitative estimate of drug-likeness (QED) is 0.604. The Bertz CT molecular complexity index is 508. The van der Waals surface area contributed by atoms with Crippen LogP contribution in [0.15, 0.2) is 50.3 Å². The summed E-state index contributed by atoms with van der Waals surface area (Å²) in [6, 6.07) is 0. The predicted octanol–water partition coefficient (Wildman–Crippen LogP) is 2.80. The third kappa shape index (κ3) is 5.44. The van der Waals surface area contributed by atoms with E-state index in [1.807, 2.05) is 19.9 Å². The highest BCUT2D eigenvalue weighted by molar-refractivity contribution is 8.03. The van der Waals surface area contributed by atoms with Gasteiger partial charge in [-0.25, -0.2) is 15.0 Å². The molecule has 0 saturated heterocycles. The Morgan fingerprint density at radius 2 is 2.30 bits per heavy atom. The fourth-order valence-corrected chi connectivity index (χ4v) is 2.30. The molecule has 6 heteroatoms. The summed E-state index contributed by atoms with van der Waals surface area (Å²) < 4.78 is 0. The van der Waals surface area contributed by atoms with Crippen LogP contribution in [0.3, 0.4) is 0 Å². The van der Waals surface area contributed by atoms with E-state index in [2.05, 4.69) is 26.9 Å². The fraction of sp³-hybridized carbons (Fsp3) is 0.357. The highest BCUT2D eigenvalue weighted by atomic mass is 32.2. The van der Waals surface area contributed by atoms with E-state index in [-0.39, 0.29) is 0 Å². The van der Waals surface area contributed by atoms with Gasteiger partial charge >= 0.3 is 0 Å². The molecule has 1 rings (SSSR count). The van der Waals surface area contributed by atoms with Gasteiger partial charge in [-0.1, -0.05) is 31.3 Å². The lowest BCUT2D eigenvalue weighted by Crippen LogP contribution is -2.28. The third-order valence-corrected chi connectivity index (χ3v) is 3.33. The van der Waals surface area contributed by atoms with Crippen molar-refractivity contribution in [1.82, 2.24) is 5.32 Å². The molecule has 0 bridgehead atoms. The molecule has 0 spiro atoms. The predicted molar refractivity (Wildman–Crippen MR) is 90.1 cm³/mol. The summed E-state index contributed by atoms with van der Waals surface area (Å²) in [5.41, 5.74) is 6.58. The van der Waals surface area contributed by atoms with Crippen LogP contribution in [0.4, 0.5) is 0 Å². The van der Waals surface area contributed by atoms with Gasteiger partial charge in [-0.05, 0) is 26.3 Å². The molecule has 0 unspecified atom stereocenters. The zero-order valence-corrected chi connectivity index (χ0v) is 13.0. The van der Waals surface area contributed by atoms with Gasteiger partial charge in [0.2, 0.25) is 0 Å². The summed E-state index contributed by atoms with van der Waals surface area (Å²) in [5, 5.41) is 4.19. The standard InChI is InChI=1S/C14H21N5S/c1-5-7-12(18-11(4)15)19-13-9-20-14(10(3)17-13)16-8-6-2/h6-8H,2,5,9H2,1,3-4H3,(H2,15,18)(H,17,19)/b12-7+,16-8-. The van der Waals surface area contributed by atoms with Crippen molar-refractivity contribution in [2.45, 2.75) is 27.2 Å². The summed E-state index contributed by atoms with van der Waals surface area (Å²) in [6.07, 6.45) is 6.14. The summed E-state index contributed by atoms with van der Waals surface area (Å²) in [6.45, 7) is 9.37. The smallest absolute Gasteiger partial charge is 0.151 e. The normalized spacial score (nSPS) is 19.6. The second-order valence-corrected chi connectivity index (χ2v) is 5.10. The number of hydrogen-bond acceptors (Lipinski definition) is 4. The van der Waals surface area contributed by atoms with Gasteiger partial charge in [0.05, 0.1) is 11.6 Å². The van der Waals surface area contributed by atoms with Crippen molar-refractivity contribution in [1.29, 1.82) is 0 Å². The van der Waals surface area contributed by atoms with E-state index >= 15 is 0 Å². The summed E-state index contributed by atoms with van der Waals surface area (Å²) in [5.74, 6) is 2.72. The minimum atomic E-state index is 0.501. The molecule has 0 saturated carbocycles. The van der Waals surface area contributed by atoms with E-state index in [1.54, 1.807) is 31.0 Å². The maximum absolute atomic E-state index is 5.61. The lowest BCUT2D eigenvalue weighted by Gasteiger charge is -2.18. The number of nitrogens with two attached hydrogens (primary N) is 1. The average molecular weight is 291 g/mol. The van der Waals surface area contributed by atoms with E-state index in [1.165, 1.54) is 0 Å². The van der Waals surface area contributed by atoms with Crippen molar-refractivity contribution in [3.05, 3.63) is 35.3 Å². The van der Waals surface area contributed by atoms with Gasteiger partial charge < -0.3 is 11.1 Å². The molecule has 1 heterocycles. The van der Waals surface area contributed by atoms with E-state index in [4.69, 9.17) is 5.73 Å². The number of rotatable bonds is 5. The van der Waals surface area contributed by atoms with Crippen LogP contribution in [-0.2, 0) is 0 Å². The Balaban J connectivity index is 2.90. The molecule has 0 aromatic heterocycles. The zero-order valence-electron chi connectivity index (χ0n) is 12.2. The summed E-state index contributed by atoms with van der Waals surface area (Å²) >= 11 is 1.63. The molecule has 0 atom stereocenters. The maximum atomic E-state index is 5.61. The van der Waals surface area contributed by atoms with Gasteiger partial charge in [-0.3, -0.25) is 0 Å². The highest BCUT2D eigenvalue weighted by Crippen LogP contribution is 2.24. The van der Waals surface area contributed by atoms with Gasteiger partial charge in [-0.2, -0.15) is 0 Å². The second kappa shape index (κ2) is 8.37. The number of allylic oxidation sites excluding steroid dienone is 3. The first-order chi connectivity index (χ1) is 9.56. The Morgan fingerprint density at radius 1 is 1.55 bits per heavy atom. The Morgan fingerprint density at radius 3 is 2.85 bits per heavy atom. The Hall–Kier alpha value is -1.82. The second-order valence-electron chi connectivity index (χ2n) is 4.14. The minimum Gasteiger partial charge on any atom is -0.387 e. The fourth-order valence-electron chi connectivity index (χ4n) is 1.48. The van der Waals surface area contributed by atoms with Crippen molar-refractivity contribution >= 4 is 29.6 Å². The zero-order chi connectivity index (χ0) is 15.0. The highest BCUT2D eigenvalue weighted by Gasteiger charge is 2.13. The molecule has 1 aliphatic rings. The molecular formula is C14H21N5S. The molecule has 5 nitrogen and oxygen atoms in total. The van der Waals surface area contributed by atoms with Crippen molar-refractivity contribution < 1.29 is 0 Å². The van der Waals surface area contributed by atoms with Crippen LogP contribution in [-0.4, -0.2) is 23.6 Å². The number of thioether (sulfide) groups is 1. The first kappa shape index (κ1) is 16.2. The largest absolute Gasteiger partial charge is 0.387 e. The molecule has 0 radical (unpaired) electrons. The number of hydrogen-bond donors (Lipinski definition) is 2. The Kier molecular flexibility index (Phi) is 6.79. The van der Waals surface area contributed by atoms with Gasteiger partial charge in [0.15, 0.2) is 5.82 Å². The van der Waals surface area contributed by atoms with Crippen LogP contribution in [0.1, 0.15) is 27.2 Å². The molecule has 108 valence electrons. The Labute approximate surface area is 124 Å². The van der Waals surface area contributed by atoms with Gasteiger partial charge in [-0.15, -0.1) is 0 Å². The van der Waals surface area contributed by atoms with Gasteiger partial charge in [0.25, 0.3) is 0 Å². The van der Waals surface area contributed by atoms with E-state index < -0.39 is 0 Å². The average Bonchev–Trinajstić information content (AvgIpc) is 2.37. The molecule has 0 aliphatic carbocycles. The topological polar surface area (TPSA) is 75.1 Å². The van der Waals surface area contributed by atoms with Crippen LogP contribution in [0.2, 0.25) is 0 Å². The maximum Gasteiger partial charge on any atom is 0.151 e. The SMILES string of the molecule is C=C/C=N\C1=C(C)N/C(=N/C(=C/CC)/N=C(\C)N)CS1. The van der Waals surface area contributed by atoms with Crippen molar-refractivity contribution in [3.8, 4) is 0 Å².